The molecule has 6 nitrogen and oxygen atoms in total. The molecule has 2 amide bonds. The molecule has 28 heavy (non-hydrogen) atoms. The van der Waals surface area contributed by atoms with Crippen molar-refractivity contribution < 1.29 is 19.1 Å². The van der Waals surface area contributed by atoms with Gasteiger partial charge in [0.1, 0.15) is 6.04 Å². The predicted octanol–water partition coefficient (Wildman–Crippen LogP) is 2.86. The summed E-state index contributed by atoms with van der Waals surface area (Å²) in [4.78, 5) is 36.7. The van der Waals surface area contributed by atoms with Gasteiger partial charge in [0.25, 0.3) is 11.8 Å². The van der Waals surface area contributed by atoms with Crippen molar-refractivity contribution in [2.75, 3.05) is 5.32 Å². The van der Waals surface area contributed by atoms with E-state index in [-0.39, 0.29) is 5.91 Å². The SMILES string of the molecule is C[C@H](NC(=O)c1ccccc1)C(=O)O[C@H](C)C(=O)Nc1ccc2c(c1)CCC2. The number of anilines is 1. The quantitative estimate of drug-likeness (QED) is 0.755. The number of rotatable bonds is 6. The minimum atomic E-state index is -0.975. The first-order valence-corrected chi connectivity index (χ1v) is 9.43. The largest absolute Gasteiger partial charge is 0.451 e. The molecule has 0 radical (unpaired) electrons. The van der Waals surface area contributed by atoms with Crippen LogP contribution in [0.5, 0.6) is 0 Å². The molecule has 0 bridgehead atoms. The van der Waals surface area contributed by atoms with Gasteiger partial charge in [0, 0.05) is 11.3 Å². The molecule has 0 heterocycles. The van der Waals surface area contributed by atoms with Crippen LogP contribution in [0.4, 0.5) is 5.69 Å². The van der Waals surface area contributed by atoms with E-state index in [9.17, 15) is 14.4 Å². The Morgan fingerprint density at radius 1 is 0.964 bits per heavy atom. The lowest BCUT2D eigenvalue weighted by Crippen LogP contribution is -2.42. The van der Waals surface area contributed by atoms with Crippen LogP contribution in [-0.2, 0) is 27.2 Å². The van der Waals surface area contributed by atoms with Gasteiger partial charge in [-0.25, -0.2) is 4.79 Å². The molecule has 0 spiro atoms. The van der Waals surface area contributed by atoms with Crippen molar-refractivity contribution in [3.63, 3.8) is 0 Å². The van der Waals surface area contributed by atoms with Crippen molar-refractivity contribution in [1.82, 2.24) is 5.32 Å². The van der Waals surface area contributed by atoms with Gasteiger partial charge in [-0.05, 0) is 68.5 Å². The van der Waals surface area contributed by atoms with Crippen LogP contribution in [0.15, 0.2) is 48.5 Å². The van der Waals surface area contributed by atoms with Crippen LogP contribution < -0.4 is 10.6 Å². The average Bonchev–Trinajstić information content (AvgIpc) is 3.16. The van der Waals surface area contributed by atoms with E-state index in [4.69, 9.17) is 4.74 Å². The fourth-order valence-corrected chi connectivity index (χ4v) is 3.15. The molecule has 2 atom stereocenters. The van der Waals surface area contributed by atoms with Crippen molar-refractivity contribution in [1.29, 1.82) is 0 Å². The van der Waals surface area contributed by atoms with Crippen LogP contribution in [0.25, 0.3) is 0 Å². The lowest BCUT2D eigenvalue weighted by atomic mass is 10.1. The Kier molecular flexibility index (Phi) is 6.09. The molecule has 2 N–H and O–H groups in total. The molecule has 146 valence electrons. The number of benzene rings is 2. The van der Waals surface area contributed by atoms with Crippen LogP contribution >= 0.6 is 0 Å². The molecule has 0 saturated carbocycles. The van der Waals surface area contributed by atoms with Crippen LogP contribution in [0.3, 0.4) is 0 Å². The van der Waals surface area contributed by atoms with Gasteiger partial charge in [-0.2, -0.15) is 0 Å². The summed E-state index contributed by atoms with van der Waals surface area (Å²) in [5, 5.41) is 5.35. The van der Waals surface area contributed by atoms with Gasteiger partial charge in [0.2, 0.25) is 0 Å². The molecule has 3 rings (SSSR count). The van der Waals surface area contributed by atoms with E-state index in [0.717, 1.165) is 19.3 Å². The highest BCUT2D eigenvalue weighted by atomic mass is 16.5. The molecule has 2 aromatic rings. The number of aryl methyl sites for hydroxylation is 2. The molecule has 0 saturated heterocycles. The average molecular weight is 380 g/mol. The summed E-state index contributed by atoms with van der Waals surface area (Å²) in [7, 11) is 0. The smallest absolute Gasteiger partial charge is 0.329 e. The Labute approximate surface area is 164 Å². The van der Waals surface area contributed by atoms with Crippen molar-refractivity contribution in [2.45, 2.75) is 45.3 Å². The van der Waals surface area contributed by atoms with Gasteiger partial charge >= 0.3 is 5.97 Å². The second-order valence-electron chi connectivity index (χ2n) is 6.97. The maximum absolute atomic E-state index is 12.3. The number of carbonyl (C=O) groups excluding carboxylic acids is 3. The van der Waals surface area contributed by atoms with E-state index < -0.39 is 24.0 Å². The van der Waals surface area contributed by atoms with Crippen LogP contribution in [0.2, 0.25) is 0 Å². The fraction of sp³-hybridized carbons (Fsp3) is 0.318. The van der Waals surface area contributed by atoms with Gasteiger partial charge in [-0.3, -0.25) is 9.59 Å². The first-order valence-electron chi connectivity index (χ1n) is 9.43. The first-order chi connectivity index (χ1) is 13.4. The Hall–Kier alpha value is -3.15. The number of ether oxygens (including phenoxy) is 1. The van der Waals surface area contributed by atoms with Crippen molar-refractivity contribution in [3.8, 4) is 0 Å². The summed E-state index contributed by atoms with van der Waals surface area (Å²) in [6, 6.07) is 13.6. The Balaban J connectivity index is 1.51. The zero-order valence-corrected chi connectivity index (χ0v) is 16.0. The lowest BCUT2D eigenvalue weighted by molar-refractivity contribution is -0.154. The van der Waals surface area contributed by atoms with Gasteiger partial charge in [0.05, 0.1) is 0 Å². The van der Waals surface area contributed by atoms with E-state index in [0.29, 0.717) is 11.3 Å². The molecular formula is C22H24N2O4. The van der Waals surface area contributed by atoms with Crippen molar-refractivity contribution >= 4 is 23.5 Å². The molecule has 0 aliphatic heterocycles. The number of nitrogens with one attached hydrogen (secondary N) is 2. The molecule has 2 aromatic carbocycles. The third-order valence-corrected chi connectivity index (χ3v) is 4.77. The predicted molar refractivity (Wildman–Crippen MR) is 106 cm³/mol. The Bertz CT molecular complexity index is 879. The lowest BCUT2D eigenvalue weighted by Gasteiger charge is -2.18. The molecule has 0 unspecified atom stereocenters. The molecular weight excluding hydrogens is 356 g/mol. The number of hydrogen-bond acceptors (Lipinski definition) is 4. The number of esters is 1. The zero-order chi connectivity index (χ0) is 20.1. The fourth-order valence-electron chi connectivity index (χ4n) is 3.15. The monoisotopic (exact) mass is 380 g/mol. The van der Waals surface area contributed by atoms with Gasteiger partial charge in [-0.15, -0.1) is 0 Å². The number of carbonyl (C=O) groups is 3. The topological polar surface area (TPSA) is 84.5 Å². The number of amides is 2. The maximum atomic E-state index is 12.3. The van der Waals surface area contributed by atoms with Crippen molar-refractivity contribution in [3.05, 3.63) is 65.2 Å². The third kappa shape index (κ3) is 4.76. The zero-order valence-electron chi connectivity index (χ0n) is 16.0. The second-order valence-corrected chi connectivity index (χ2v) is 6.97. The number of hydrogen-bond donors (Lipinski definition) is 2. The minimum absolute atomic E-state index is 0.375. The summed E-state index contributed by atoms with van der Waals surface area (Å²) in [5.41, 5.74) is 3.71. The highest BCUT2D eigenvalue weighted by Crippen LogP contribution is 2.25. The van der Waals surface area contributed by atoms with E-state index in [1.54, 1.807) is 30.3 Å². The van der Waals surface area contributed by atoms with Gasteiger partial charge in [0.15, 0.2) is 6.10 Å². The summed E-state index contributed by atoms with van der Waals surface area (Å²) >= 11 is 0. The van der Waals surface area contributed by atoms with Crippen LogP contribution in [0, 0.1) is 0 Å². The van der Waals surface area contributed by atoms with E-state index >= 15 is 0 Å². The summed E-state index contributed by atoms with van der Waals surface area (Å²) < 4.78 is 5.21. The van der Waals surface area contributed by atoms with Crippen molar-refractivity contribution in [2.24, 2.45) is 0 Å². The maximum Gasteiger partial charge on any atom is 0.329 e. The van der Waals surface area contributed by atoms with E-state index in [2.05, 4.69) is 10.6 Å². The standard InChI is InChI=1S/C22H24N2O4/c1-14(23-21(26)17-7-4-3-5-8-17)22(27)28-15(2)20(25)24-19-12-11-16-9-6-10-18(16)13-19/h3-5,7-8,11-15H,6,9-10H2,1-2H3,(H,23,26)(H,24,25)/t14-,15+/m0/s1. The van der Waals surface area contributed by atoms with E-state index in [1.165, 1.54) is 25.0 Å². The van der Waals surface area contributed by atoms with Gasteiger partial charge < -0.3 is 15.4 Å². The highest BCUT2D eigenvalue weighted by Gasteiger charge is 2.24. The Morgan fingerprint density at radius 3 is 2.43 bits per heavy atom. The molecule has 1 aliphatic carbocycles. The minimum Gasteiger partial charge on any atom is -0.451 e. The van der Waals surface area contributed by atoms with Crippen LogP contribution in [0.1, 0.15) is 41.8 Å². The third-order valence-electron chi connectivity index (χ3n) is 4.77. The second kappa shape index (κ2) is 8.69. The summed E-state index contributed by atoms with van der Waals surface area (Å²) in [6.45, 7) is 3.03. The van der Waals surface area contributed by atoms with Crippen LogP contribution in [-0.4, -0.2) is 29.9 Å². The summed E-state index contributed by atoms with van der Waals surface area (Å²) in [5.74, 6) is -1.45. The highest BCUT2D eigenvalue weighted by molar-refractivity contribution is 5.98. The number of fused-ring (bicyclic) bond motifs is 1. The Morgan fingerprint density at radius 2 is 1.68 bits per heavy atom. The molecule has 6 heteroatoms. The molecule has 0 aromatic heterocycles. The molecule has 1 aliphatic rings. The summed E-state index contributed by atoms with van der Waals surface area (Å²) in [6.07, 6.45) is 2.25. The normalized spacial score (nSPS) is 14.5. The van der Waals surface area contributed by atoms with Gasteiger partial charge in [-0.1, -0.05) is 24.3 Å². The first kappa shape index (κ1) is 19.6. The van der Waals surface area contributed by atoms with E-state index in [1.807, 2.05) is 18.2 Å². The molecule has 0 fully saturated rings.